The van der Waals surface area contributed by atoms with E-state index in [0.717, 1.165) is 38.5 Å². The zero-order valence-electron chi connectivity index (χ0n) is 17.3. The van der Waals surface area contributed by atoms with Crippen LogP contribution in [0, 0.1) is 0 Å². The number of carbonyl (C=O) groups is 1. The number of hydrogen-bond acceptors (Lipinski definition) is 3. The minimum Gasteiger partial charge on any atom is -0.350 e. The fraction of sp³-hybridized carbons (Fsp3) is 0.435. The molecule has 1 aliphatic heterocycles. The van der Waals surface area contributed by atoms with Gasteiger partial charge in [-0.15, -0.1) is 0 Å². The number of carbonyl (C=O) groups excluding carboxylic acids is 1. The number of hydrogen-bond donors (Lipinski definition) is 1. The van der Waals surface area contributed by atoms with Gasteiger partial charge in [0.15, 0.2) is 0 Å². The molecule has 1 heterocycles. The van der Waals surface area contributed by atoms with Crippen molar-refractivity contribution in [2.75, 3.05) is 13.1 Å². The zero-order chi connectivity index (χ0) is 21.6. The SMILES string of the molecule is CC(CCc1ccccc1)NC(=O)c1ccc(Cl)c(S(=O)(=O)N2CCCCCC2)c1. The summed E-state index contributed by atoms with van der Waals surface area (Å²) in [7, 11) is -3.73. The predicted molar refractivity (Wildman–Crippen MR) is 120 cm³/mol. The Morgan fingerprint density at radius 2 is 1.73 bits per heavy atom. The van der Waals surface area contributed by atoms with Gasteiger partial charge in [0, 0.05) is 24.7 Å². The lowest BCUT2D eigenvalue weighted by molar-refractivity contribution is 0.0938. The van der Waals surface area contributed by atoms with E-state index >= 15 is 0 Å². The van der Waals surface area contributed by atoms with Crippen molar-refractivity contribution in [3.8, 4) is 0 Å². The van der Waals surface area contributed by atoms with Crippen molar-refractivity contribution >= 4 is 27.5 Å². The fourth-order valence-corrected chi connectivity index (χ4v) is 5.69. The van der Waals surface area contributed by atoms with Crippen LogP contribution >= 0.6 is 11.6 Å². The van der Waals surface area contributed by atoms with Crippen LogP contribution in [0.1, 0.15) is 54.9 Å². The van der Waals surface area contributed by atoms with Gasteiger partial charge in [0.25, 0.3) is 5.91 Å². The Kier molecular flexibility index (Phi) is 7.92. The Morgan fingerprint density at radius 1 is 1.07 bits per heavy atom. The highest BCUT2D eigenvalue weighted by Gasteiger charge is 2.28. The summed E-state index contributed by atoms with van der Waals surface area (Å²) in [5, 5.41) is 3.11. The average molecular weight is 449 g/mol. The van der Waals surface area contributed by atoms with Gasteiger partial charge >= 0.3 is 0 Å². The molecule has 5 nitrogen and oxygen atoms in total. The Balaban J connectivity index is 1.69. The van der Waals surface area contributed by atoms with E-state index in [0.29, 0.717) is 18.7 Å². The minimum atomic E-state index is -3.73. The average Bonchev–Trinajstić information content (AvgIpc) is 3.03. The summed E-state index contributed by atoms with van der Waals surface area (Å²) < 4.78 is 27.7. The Hall–Kier alpha value is -1.89. The molecule has 0 bridgehead atoms. The van der Waals surface area contributed by atoms with Gasteiger partial charge in [0.05, 0.1) is 5.02 Å². The van der Waals surface area contributed by atoms with E-state index in [1.54, 1.807) is 6.07 Å². The molecule has 1 saturated heterocycles. The highest BCUT2D eigenvalue weighted by molar-refractivity contribution is 7.89. The summed E-state index contributed by atoms with van der Waals surface area (Å²) >= 11 is 6.23. The van der Waals surface area contributed by atoms with Crippen LogP contribution in [0.25, 0.3) is 0 Å². The molecule has 0 spiro atoms. The zero-order valence-corrected chi connectivity index (χ0v) is 18.9. The number of rotatable bonds is 7. The number of sulfonamides is 1. The third-order valence-corrected chi connectivity index (χ3v) is 7.84. The molecule has 0 radical (unpaired) electrons. The normalized spacial score (nSPS) is 16.6. The van der Waals surface area contributed by atoms with Crippen molar-refractivity contribution in [2.45, 2.75) is 56.4 Å². The number of benzene rings is 2. The molecule has 3 rings (SSSR count). The van der Waals surface area contributed by atoms with Crippen LogP contribution < -0.4 is 5.32 Å². The summed E-state index contributed by atoms with van der Waals surface area (Å²) in [6, 6.07) is 14.5. The molecular formula is C23H29ClN2O3S. The fourth-order valence-electron chi connectivity index (χ4n) is 3.67. The van der Waals surface area contributed by atoms with Crippen LogP contribution in [0.2, 0.25) is 5.02 Å². The maximum absolute atomic E-state index is 13.1. The highest BCUT2D eigenvalue weighted by Crippen LogP contribution is 2.27. The van der Waals surface area contributed by atoms with Gasteiger partial charge in [0.2, 0.25) is 10.0 Å². The molecule has 2 aromatic carbocycles. The molecule has 162 valence electrons. The van der Waals surface area contributed by atoms with Crippen molar-refractivity contribution in [3.05, 3.63) is 64.7 Å². The molecule has 0 aromatic heterocycles. The number of nitrogens with zero attached hydrogens (tertiary/aromatic N) is 1. The molecule has 1 amide bonds. The molecule has 0 saturated carbocycles. The summed E-state index contributed by atoms with van der Waals surface area (Å²) in [6.45, 7) is 2.93. The smallest absolute Gasteiger partial charge is 0.251 e. The van der Waals surface area contributed by atoms with E-state index in [-0.39, 0.29) is 21.9 Å². The van der Waals surface area contributed by atoms with E-state index in [4.69, 9.17) is 11.6 Å². The van der Waals surface area contributed by atoms with Crippen molar-refractivity contribution < 1.29 is 13.2 Å². The van der Waals surface area contributed by atoms with Crippen LogP contribution in [-0.2, 0) is 16.4 Å². The second-order valence-electron chi connectivity index (χ2n) is 7.86. The molecule has 1 unspecified atom stereocenters. The first-order valence-corrected chi connectivity index (χ1v) is 12.3. The van der Waals surface area contributed by atoms with Crippen molar-refractivity contribution in [1.29, 1.82) is 0 Å². The monoisotopic (exact) mass is 448 g/mol. The van der Waals surface area contributed by atoms with Gasteiger partial charge in [-0.2, -0.15) is 4.31 Å². The first-order valence-electron chi connectivity index (χ1n) is 10.5. The minimum absolute atomic E-state index is 0.00987. The standard InChI is InChI=1S/C23H29ClN2O3S/c1-18(11-12-19-9-5-4-6-10-19)25-23(27)20-13-14-21(24)22(17-20)30(28,29)26-15-7-2-3-8-16-26/h4-6,9-10,13-14,17-18H,2-3,7-8,11-12,15-16H2,1H3,(H,25,27). The summed E-state index contributed by atoms with van der Waals surface area (Å²) in [5.74, 6) is -0.292. The van der Waals surface area contributed by atoms with Crippen LogP contribution in [-0.4, -0.2) is 37.8 Å². The Bertz CT molecular complexity index is 956. The lowest BCUT2D eigenvalue weighted by atomic mass is 10.1. The van der Waals surface area contributed by atoms with Crippen LogP contribution in [0.3, 0.4) is 0 Å². The van der Waals surface area contributed by atoms with Gasteiger partial charge in [-0.1, -0.05) is 54.8 Å². The second kappa shape index (κ2) is 10.4. The van der Waals surface area contributed by atoms with E-state index in [2.05, 4.69) is 17.4 Å². The highest BCUT2D eigenvalue weighted by atomic mass is 35.5. The van der Waals surface area contributed by atoms with Gasteiger partial charge in [-0.05, 0) is 56.4 Å². The largest absolute Gasteiger partial charge is 0.350 e. The Morgan fingerprint density at radius 3 is 2.40 bits per heavy atom. The molecule has 0 aliphatic carbocycles. The first-order chi connectivity index (χ1) is 14.4. The lowest BCUT2D eigenvalue weighted by Crippen LogP contribution is -2.34. The maximum atomic E-state index is 13.1. The number of amides is 1. The lowest BCUT2D eigenvalue weighted by Gasteiger charge is -2.21. The van der Waals surface area contributed by atoms with E-state index in [1.165, 1.54) is 22.0 Å². The van der Waals surface area contributed by atoms with Gasteiger partial charge in [0.1, 0.15) is 4.90 Å². The number of aryl methyl sites for hydroxylation is 1. The quantitative estimate of drug-likeness (QED) is 0.670. The predicted octanol–water partition coefficient (Wildman–Crippen LogP) is 4.66. The molecule has 2 aromatic rings. The first kappa shape index (κ1) is 22.8. The van der Waals surface area contributed by atoms with Gasteiger partial charge in [-0.3, -0.25) is 4.79 Å². The molecule has 1 atom stereocenters. The number of halogens is 1. The third-order valence-electron chi connectivity index (χ3n) is 5.46. The molecule has 7 heteroatoms. The van der Waals surface area contributed by atoms with Crippen molar-refractivity contribution in [3.63, 3.8) is 0 Å². The molecular weight excluding hydrogens is 420 g/mol. The molecule has 1 N–H and O–H groups in total. The summed E-state index contributed by atoms with van der Waals surface area (Å²) in [5.41, 5.74) is 1.52. The number of nitrogens with one attached hydrogen (secondary N) is 1. The molecule has 1 aliphatic rings. The maximum Gasteiger partial charge on any atom is 0.251 e. The second-order valence-corrected chi connectivity index (χ2v) is 10.2. The van der Waals surface area contributed by atoms with Crippen LogP contribution in [0.15, 0.2) is 53.4 Å². The van der Waals surface area contributed by atoms with Crippen molar-refractivity contribution in [1.82, 2.24) is 9.62 Å². The van der Waals surface area contributed by atoms with Crippen LogP contribution in [0.4, 0.5) is 0 Å². The van der Waals surface area contributed by atoms with Crippen LogP contribution in [0.5, 0.6) is 0 Å². The molecule has 30 heavy (non-hydrogen) atoms. The molecule has 1 fully saturated rings. The van der Waals surface area contributed by atoms with E-state index in [9.17, 15) is 13.2 Å². The van der Waals surface area contributed by atoms with E-state index in [1.807, 2.05) is 25.1 Å². The summed E-state index contributed by atoms with van der Waals surface area (Å²) in [4.78, 5) is 12.7. The third kappa shape index (κ3) is 5.84. The van der Waals surface area contributed by atoms with Gasteiger partial charge < -0.3 is 5.32 Å². The van der Waals surface area contributed by atoms with Crippen molar-refractivity contribution in [2.24, 2.45) is 0 Å². The summed E-state index contributed by atoms with van der Waals surface area (Å²) in [6.07, 6.45) is 5.40. The Labute approximate surface area is 184 Å². The topological polar surface area (TPSA) is 66.5 Å². The van der Waals surface area contributed by atoms with E-state index < -0.39 is 10.0 Å². The van der Waals surface area contributed by atoms with Gasteiger partial charge in [-0.25, -0.2) is 8.42 Å².